The molecule has 1 amide bonds. The van der Waals surface area contributed by atoms with Gasteiger partial charge in [-0.1, -0.05) is 29.8 Å². The number of rotatable bonds is 5. The van der Waals surface area contributed by atoms with Crippen molar-refractivity contribution in [3.63, 3.8) is 0 Å². The number of hydrogen-bond donors (Lipinski definition) is 1. The molecule has 0 bridgehead atoms. The number of hydrogen-bond acceptors (Lipinski definition) is 3. The minimum absolute atomic E-state index is 0.0397. The van der Waals surface area contributed by atoms with Crippen molar-refractivity contribution >= 4 is 11.6 Å². The summed E-state index contributed by atoms with van der Waals surface area (Å²) in [6, 6.07) is 12.0. The Balaban J connectivity index is 1.95. The fourth-order valence-electron chi connectivity index (χ4n) is 2.07. The summed E-state index contributed by atoms with van der Waals surface area (Å²) in [6.07, 6.45) is 0. The highest BCUT2D eigenvalue weighted by atomic mass is 19.1. The highest BCUT2D eigenvalue weighted by molar-refractivity contribution is 6.00. The van der Waals surface area contributed by atoms with Crippen LogP contribution in [-0.4, -0.2) is 18.2 Å². The molecule has 0 unspecified atom stereocenters. The van der Waals surface area contributed by atoms with E-state index >= 15 is 0 Å². The maximum atomic E-state index is 13.4. The molecule has 0 aromatic heterocycles. The predicted molar refractivity (Wildman–Crippen MR) is 88.2 cm³/mol. The first-order chi connectivity index (χ1) is 11.0. The average Bonchev–Trinajstić information content (AvgIpc) is 2.54. The van der Waals surface area contributed by atoms with E-state index < -0.39 is 11.7 Å². The van der Waals surface area contributed by atoms with Crippen LogP contribution in [0.1, 0.15) is 23.6 Å². The smallest absolute Gasteiger partial charge is 0.277 e. The normalized spacial score (nSPS) is 11.2. The molecule has 0 aliphatic heterocycles. The summed E-state index contributed by atoms with van der Waals surface area (Å²) in [7, 11) is 0. The lowest BCUT2D eigenvalue weighted by atomic mass is 10.0. The van der Waals surface area contributed by atoms with Crippen LogP contribution in [0.25, 0.3) is 0 Å². The lowest BCUT2D eigenvalue weighted by Crippen LogP contribution is -2.26. The van der Waals surface area contributed by atoms with Crippen LogP contribution in [0.5, 0.6) is 5.75 Å². The highest BCUT2D eigenvalue weighted by Gasteiger charge is 2.07. The van der Waals surface area contributed by atoms with Gasteiger partial charge in [-0.25, -0.2) is 9.82 Å². The van der Waals surface area contributed by atoms with Gasteiger partial charge in [-0.15, -0.1) is 0 Å². The van der Waals surface area contributed by atoms with Gasteiger partial charge in [-0.2, -0.15) is 5.10 Å². The van der Waals surface area contributed by atoms with Crippen molar-refractivity contribution in [3.8, 4) is 5.75 Å². The molecule has 0 fully saturated rings. The second-order valence-corrected chi connectivity index (χ2v) is 5.27. The molecular weight excluding hydrogens is 295 g/mol. The number of carbonyl (C=O) groups excluding carboxylic acids is 1. The largest absolute Gasteiger partial charge is 0.481 e. The molecule has 0 heterocycles. The molecule has 0 saturated heterocycles. The molecule has 0 spiro atoms. The topological polar surface area (TPSA) is 50.7 Å². The Bertz CT molecular complexity index is 742. The molecule has 1 N–H and O–H groups in total. The molecule has 120 valence electrons. The molecule has 5 heteroatoms. The zero-order valence-corrected chi connectivity index (χ0v) is 13.4. The average molecular weight is 314 g/mol. The minimum Gasteiger partial charge on any atom is -0.481 e. The Hall–Kier alpha value is -2.69. The van der Waals surface area contributed by atoms with Crippen LogP contribution < -0.4 is 10.2 Å². The van der Waals surface area contributed by atoms with Gasteiger partial charge in [0.1, 0.15) is 0 Å². The first kappa shape index (κ1) is 16.7. The maximum absolute atomic E-state index is 13.4. The zero-order chi connectivity index (χ0) is 16.8. The van der Waals surface area contributed by atoms with Crippen LogP contribution in [0.4, 0.5) is 4.39 Å². The summed E-state index contributed by atoms with van der Waals surface area (Å²) in [5, 5.41) is 4.07. The van der Waals surface area contributed by atoms with E-state index in [0.29, 0.717) is 5.71 Å². The first-order valence-corrected chi connectivity index (χ1v) is 7.25. The number of carbonyl (C=O) groups is 1. The van der Waals surface area contributed by atoms with Crippen molar-refractivity contribution in [3.05, 3.63) is 65.0 Å². The zero-order valence-electron chi connectivity index (χ0n) is 13.4. The molecule has 2 rings (SSSR count). The van der Waals surface area contributed by atoms with Gasteiger partial charge in [0.05, 0.1) is 5.71 Å². The standard InChI is InChI=1S/C18H19FN2O2/c1-12-8-9-13(2)15(10-12)14(3)20-21-18(22)11-23-17-7-5-4-6-16(17)19/h4-10H,11H2,1-3H3,(H,21,22)/b20-14-. The molecular formula is C18H19FN2O2. The number of ether oxygens (including phenoxy) is 1. The highest BCUT2D eigenvalue weighted by Crippen LogP contribution is 2.15. The Labute approximate surface area is 135 Å². The van der Waals surface area contributed by atoms with Crippen molar-refractivity contribution in [2.75, 3.05) is 6.61 Å². The fourth-order valence-corrected chi connectivity index (χ4v) is 2.07. The summed E-state index contributed by atoms with van der Waals surface area (Å²) < 4.78 is 18.5. The fraction of sp³-hybridized carbons (Fsp3) is 0.222. The van der Waals surface area contributed by atoms with Crippen LogP contribution in [0.3, 0.4) is 0 Å². The third kappa shape index (κ3) is 4.64. The summed E-state index contributed by atoms with van der Waals surface area (Å²) in [5.41, 5.74) is 6.29. The lowest BCUT2D eigenvalue weighted by molar-refractivity contribution is -0.123. The third-order valence-electron chi connectivity index (χ3n) is 3.33. The van der Waals surface area contributed by atoms with Gasteiger partial charge >= 0.3 is 0 Å². The van der Waals surface area contributed by atoms with E-state index in [-0.39, 0.29) is 12.4 Å². The number of benzene rings is 2. The maximum Gasteiger partial charge on any atom is 0.277 e. The van der Waals surface area contributed by atoms with Crippen molar-refractivity contribution in [2.45, 2.75) is 20.8 Å². The molecule has 2 aromatic rings. The lowest BCUT2D eigenvalue weighted by Gasteiger charge is -2.08. The number of nitrogens with zero attached hydrogens (tertiary/aromatic N) is 1. The second kappa shape index (κ2) is 7.54. The second-order valence-electron chi connectivity index (χ2n) is 5.27. The number of amides is 1. The summed E-state index contributed by atoms with van der Waals surface area (Å²) in [6.45, 7) is 5.50. The van der Waals surface area contributed by atoms with E-state index in [9.17, 15) is 9.18 Å². The quantitative estimate of drug-likeness (QED) is 0.679. The van der Waals surface area contributed by atoms with Crippen LogP contribution in [0.2, 0.25) is 0 Å². The molecule has 4 nitrogen and oxygen atoms in total. The molecule has 2 aromatic carbocycles. The number of halogens is 1. The Morgan fingerprint density at radius 3 is 2.70 bits per heavy atom. The van der Waals surface area contributed by atoms with Gasteiger partial charge < -0.3 is 4.74 Å². The Kier molecular flexibility index (Phi) is 5.46. The van der Waals surface area contributed by atoms with E-state index in [4.69, 9.17) is 4.74 Å². The summed E-state index contributed by atoms with van der Waals surface area (Å²) in [4.78, 5) is 11.7. The van der Waals surface area contributed by atoms with Crippen molar-refractivity contribution in [1.29, 1.82) is 0 Å². The van der Waals surface area contributed by atoms with E-state index in [0.717, 1.165) is 16.7 Å². The van der Waals surface area contributed by atoms with Gasteiger partial charge in [-0.3, -0.25) is 4.79 Å². The van der Waals surface area contributed by atoms with Gasteiger partial charge in [0, 0.05) is 5.56 Å². The molecule has 0 aliphatic rings. The van der Waals surface area contributed by atoms with Crippen molar-refractivity contribution in [1.82, 2.24) is 5.43 Å². The minimum atomic E-state index is -0.504. The molecule has 0 aliphatic carbocycles. The Morgan fingerprint density at radius 2 is 1.96 bits per heavy atom. The van der Waals surface area contributed by atoms with Gasteiger partial charge in [0.2, 0.25) is 0 Å². The van der Waals surface area contributed by atoms with E-state index in [1.54, 1.807) is 12.1 Å². The first-order valence-electron chi connectivity index (χ1n) is 7.25. The van der Waals surface area contributed by atoms with Crippen LogP contribution >= 0.6 is 0 Å². The number of nitrogens with one attached hydrogen (secondary N) is 1. The van der Waals surface area contributed by atoms with Crippen LogP contribution in [-0.2, 0) is 4.79 Å². The Morgan fingerprint density at radius 1 is 1.22 bits per heavy atom. The molecule has 0 atom stereocenters. The van der Waals surface area contributed by atoms with Gasteiger partial charge in [0.15, 0.2) is 18.2 Å². The van der Waals surface area contributed by atoms with Gasteiger partial charge in [0.25, 0.3) is 5.91 Å². The third-order valence-corrected chi connectivity index (χ3v) is 3.33. The summed E-state index contributed by atoms with van der Waals surface area (Å²) in [5.74, 6) is -0.911. The number of para-hydroxylation sites is 1. The SMILES string of the molecule is C/C(=N/NC(=O)COc1ccccc1F)c1cc(C)ccc1C. The van der Waals surface area contributed by atoms with E-state index in [1.807, 2.05) is 39.0 Å². The number of hydrazone groups is 1. The van der Waals surface area contributed by atoms with Gasteiger partial charge in [-0.05, 0) is 44.5 Å². The summed E-state index contributed by atoms with van der Waals surface area (Å²) >= 11 is 0. The molecule has 0 saturated carbocycles. The van der Waals surface area contributed by atoms with Crippen LogP contribution in [0, 0.1) is 19.7 Å². The monoisotopic (exact) mass is 314 g/mol. The predicted octanol–water partition coefficient (Wildman–Crippen LogP) is 3.36. The van der Waals surface area contributed by atoms with E-state index in [2.05, 4.69) is 10.5 Å². The number of aryl methyl sites for hydroxylation is 2. The molecule has 0 radical (unpaired) electrons. The molecule has 23 heavy (non-hydrogen) atoms. The van der Waals surface area contributed by atoms with E-state index in [1.165, 1.54) is 12.1 Å². The van der Waals surface area contributed by atoms with Crippen LogP contribution in [0.15, 0.2) is 47.6 Å². The van der Waals surface area contributed by atoms with Crippen molar-refractivity contribution < 1.29 is 13.9 Å². The van der Waals surface area contributed by atoms with Crippen molar-refractivity contribution in [2.24, 2.45) is 5.10 Å².